The van der Waals surface area contributed by atoms with Gasteiger partial charge in [-0.25, -0.2) is 4.98 Å². The highest BCUT2D eigenvalue weighted by Crippen LogP contribution is 2.37. The Morgan fingerprint density at radius 3 is 2.88 bits per heavy atom. The van der Waals surface area contributed by atoms with Gasteiger partial charge in [-0.15, -0.1) is 16.4 Å². The zero-order chi connectivity index (χ0) is 16.8. The summed E-state index contributed by atoms with van der Waals surface area (Å²) < 4.78 is 1.66. The molecule has 1 amide bonds. The molecule has 0 saturated carbocycles. The van der Waals surface area contributed by atoms with Crippen LogP contribution in [0.1, 0.15) is 33.6 Å². The number of hydrogen-bond acceptors (Lipinski definition) is 5. The van der Waals surface area contributed by atoms with Gasteiger partial charge in [0.1, 0.15) is 11.2 Å². The summed E-state index contributed by atoms with van der Waals surface area (Å²) >= 11 is 1.76. The average molecular weight is 349 g/mol. The van der Waals surface area contributed by atoms with Crippen LogP contribution in [0.2, 0.25) is 0 Å². The van der Waals surface area contributed by atoms with Gasteiger partial charge in [-0.3, -0.25) is 10.1 Å². The Hall–Kier alpha value is -2.80. The lowest BCUT2D eigenvalue weighted by atomic mass is 9.97. The fourth-order valence-corrected chi connectivity index (χ4v) is 4.59. The number of thiophene rings is 1. The van der Waals surface area contributed by atoms with Crippen LogP contribution in [0.25, 0.3) is 15.9 Å². The molecule has 3 heterocycles. The Kier molecular flexibility index (Phi) is 3.27. The molecule has 0 fully saturated rings. The van der Waals surface area contributed by atoms with Crippen molar-refractivity contribution in [3.8, 4) is 0 Å². The number of aryl methyl sites for hydroxylation is 2. The molecule has 0 bridgehead atoms. The van der Waals surface area contributed by atoms with Gasteiger partial charge in [0, 0.05) is 10.4 Å². The van der Waals surface area contributed by atoms with Crippen molar-refractivity contribution < 1.29 is 4.79 Å². The average Bonchev–Trinajstić information content (AvgIpc) is 3.22. The molecule has 124 valence electrons. The standard InChI is InChI=1S/C18H15N5OS/c24-16(11-6-2-1-3-7-11)21-18-20-15-14-12-8-4-5-9-13(12)25-17(14)19-10-23(15)22-18/h1-3,6-7,10H,4-5,8-9H2,(H,21,22,24). The van der Waals surface area contributed by atoms with Crippen LogP contribution in [0.4, 0.5) is 5.95 Å². The number of nitrogens with one attached hydrogen (secondary N) is 1. The van der Waals surface area contributed by atoms with Gasteiger partial charge in [0.05, 0.1) is 5.39 Å². The summed E-state index contributed by atoms with van der Waals surface area (Å²) in [6.07, 6.45) is 6.29. The molecule has 4 aromatic rings. The van der Waals surface area contributed by atoms with Crippen LogP contribution in [0, 0.1) is 0 Å². The first kappa shape index (κ1) is 14.5. The largest absolute Gasteiger partial charge is 0.289 e. The number of nitrogens with zero attached hydrogens (tertiary/aromatic N) is 4. The molecule has 1 N–H and O–H groups in total. The number of benzene rings is 1. The van der Waals surface area contributed by atoms with Crippen molar-refractivity contribution in [2.24, 2.45) is 0 Å². The van der Waals surface area contributed by atoms with E-state index in [1.807, 2.05) is 18.2 Å². The monoisotopic (exact) mass is 349 g/mol. The van der Waals surface area contributed by atoms with E-state index in [1.165, 1.54) is 23.3 Å². The summed E-state index contributed by atoms with van der Waals surface area (Å²) in [4.78, 5) is 23.9. The molecule has 3 aromatic heterocycles. The number of carbonyl (C=O) groups is 1. The highest BCUT2D eigenvalue weighted by atomic mass is 32.1. The first-order valence-electron chi connectivity index (χ1n) is 8.31. The van der Waals surface area contributed by atoms with E-state index in [2.05, 4.69) is 20.4 Å². The van der Waals surface area contributed by atoms with Crippen LogP contribution in [-0.4, -0.2) is 25.5 Å². The minimum atomic E-state index is -0.215. The van der Waals surface area contributed by atoms with Gasteiger partial charge in [-0.05, 0) is 43.4 Å². The Morgan fingerprint density at radius 1 is 1.16 bits per heavy atom. The summed E-state index contributed by atoms with van der Waals surface area (Å²) in [6, 6.07) is 9.07. The normalized spacial score (nSPS) is 13.9. The van der Waals surface area contributed by atoms with Crippen molar-refractivity contribution in [3.63, 3.8) is 0 Å². The lowest BCUT2D eigenvalue weighted by molar-refractivity contribution is 0.102. The molecular weight excluding hydrogens is 334 g/mol. The number of hydrogen-bond donors (Lipinski definition) is 1. The van der Waals surface area contributed by atoms with Crippen LogP contribution in [0.15, 0.2) is 36.7 Å². The first-order valence-corrected chi connectivity index (χ1v) is 9.13. The van der Waals surface area contributed by atoms with Crippen molar-refractivity contribution in [2.45, 2.75) is 25.7 Å². The maximum Gasteiger partial charge on any atom is 0.258 e. The summed E-state index contributed by atoms with van der Waals surface area (Å²) in [5.41, 5.74) is 2.71. The first-order chi connectivity index (χ1) is 12.3. The minimum Gasteiger partial charge on any atom is -0.289 e. The van der Waals surface area contributed by atoms with Crippen LogP contribution in [0.5, 0.6) is 0 Å². The molecule has 1 aromatic carbocycles. The van der Waals surface area contributed by atoms with Gasteiger partial charge < -0.3 is 0 Å². The lowest BCUT2D eigenvalue weighted by Crippen LogP contribution is -2.12. The molecule has 5 rings (SSSR count). The van der Waals surface area contributed by atoms with Gasteiger partial charge in [0.15, 0.2) is 5.65 Å². The molecule has 6 nitrogen and oxygen atoms in total. The maximum atomic E-state index is 12.3. The van der Waals surface area contributed by atoms with E-state index in [1.54, 1.807) is 34.3 Å². The SMILES string of the molecule is O=C(Nc1nc2c3c4c(sc3ncn2n1)CCCC4)c1ccccc1. The summed E-state index contributed by atoms with van der Waals surface area (Å²) in [5.74, 6) is 0.0898. The Balaban J connectivity index is 1.58. The minimum absolute atomic E-state index is 0.215. The molecule has 0 spiro atoms. The Bertz CT molecular complexity index is 1100. The molecule has 0 saturated heterocycles. The topological polar surface area (TPSA) is 72.2 Å². The van der Waals surface area contributed by atoms with E-state index in [4.69, 9.17) is 0 Å². The molecule has 0 aliphatic heterocycles. The van der Waals surface area contributed by atoms with Gasteiger partial charge in [-0.1, -0.05) is 18.2 Å². The van der Waals surface area contributed by atoms with E-state index >= 15 is 0 Å². The van der Waals surface area contributed by atoms with Crippen molar-refractivity contribution in [1.29, 1.82) is 0 Å². The highest BCUT2D eigenvalue weighted by molar-refractivity contribution is 7.19. The fraction of sp³-hybridized carbons (Fsp3) is 0.222. The summed E-state index contributed by atoms with van der Waals surface area (Å²) in [7, 11) is 0. The van der Waals surface area contributed by atoms with E-state index in [0.717, 1.165) is 28.7 Å². The molecule has 0 atom stereocenters. The van der Waals surface area contributed by atoms with Gasteiger partial charge >= 0.3 is 0 Å². The smallest absolute Gasteiger partial charge is 0.258 e. The van der Waals surface area contributed by atoms with E-state index < -0.39 is 0 Å². The molecule has 1 aliphatic carbocycles. The van der Waals surface area contributed by atoms with Crippen LogP contribution < -0.4 is 5.32 Å². The molecular formula is C18H15N5OS. The third kappa shape index (κ3) is 2.39. The second-order valence-corrected chi connectivity index (χ2v) is 7.24. The molecule has 0 unspecified atom stereocenters. The number of fused-ring (bicyclic) bond motifs is 5. The highest BCUT2D eigenvalue weighted by Gasteiger charge is 2.21. The summed E-state index contributed by atoms with van der Waals surface area (Å²) in [5, 5.41) is 8.24. The zero-order valence-corrected chi connectivity index (χ0v) is 14.2. The zero-order valence-electron chi connectivity index (χ0n) is 13.4. The van der Waals surface area contributed by atoms with Crippen molar-refractivity contribution in [3.05, 3.63) is 52.7 Å². The van der Waals surface area contributed by atoms with Gasteiger partial charge in [0.2, 0.25) is 5.95 Å². The van der Waals surface area contributed by atoms with Gasteiger partial charge in [0.25, 0.3) is 5.91 Å². The van der Waals surface area contributed by atoms with Crippen LogP contribution >= 0.6 is 11.3 Å². The number of anilines is 1. The van der Waals surface area contributed by atoms with Crippen molar-refractivity contribution in [1.82, 2.24) is 19.6 Å². The molecule has 1 aliphatic rings. The lowest BCUT2D eigenvalue weighted by Gasteiger charge is -2.09. The summed E-state index contributed by atoms with van der Waals surface area (Å²) in [6.45, 7) is 0. The van der Waals surface area contributed by atoms with Gasteiger partial charge in [-0.2, -0.15) is 9.50 Å². The number of aromatic nitrogens is 4. The number of amides is 1. The van der Waals surface area contributed by atoms with Crippen LogP contribution in [0.3, 0.4) is 0 Å². The van der Waals surface area contributed by atoms with E-state index in [9.17, 15) is 4.79 Å². The predicted octanol–water partition coefficient (Wildman–Crippen LogP) is 3.47. The third-order valence-electron chi connectivity index (χ3n) is 4.55. The Labute approximate surface area is 147 Å². The van der Waals surface area contributed by atoms with Crippen molar-refractivity contribution >= 4 is 39.1 Å². The quantitative estimate of drug-likeness (QED) is 0.601. The number of rotatable bonds is 2. The Morgan fingerprint density at radius 2 is 2.00 bits per heavy atom. The van der Waals surface area contributed by atoms with Crippen molar-refractivity contribution in [2.75, 3.05) is 5.32 Å². The maximum absolute atomic E-state index is 12.3. The second-order valence-electron chi connectivity index (χ2n) is 6.16. The number of carbonyl (C=O) groups excluding carboxylic acids is 1. The third-order valence-corrected chi connectivity index (χ3v) is 5.75. The van der Waals surface area contributed by atoms with E-state index in [0.29, 0.717) is 11.5 Å². The molecule has 0 radical (unpaired) electrons. The fourth-order valence-electron chi connectivity index (χ4n) is 3.37. The second kappa shape index (κ2) is 5.63. The predicted molar refractivity (Wildman–Crippen MR) is 97.2 cm³/mol. The van der Waals surface area contributed by atoms with E-state index in [-0.39, 0.29) is 5.91 Å². The van der Waals surface area contributed by atoms with Crippen LogP contribution in [-0.2, 0) is 12.8 Å². The molecule has 25 heavy (non-hydrogen) atoms. The molecule has 7 heteroatoms.